The van der Waals surface area contributed by atoms with Crippen molar-refractivity contribution in [3.8, 4) is 5.75 Å². The van der Waals surface area contributed by atoms with E-state index >= 15 is 0 Å². The van der Waals surface area contributed by atoms with Crippen LogP contribution >= 0.6 is 11.3 Å². The van der Waals surface area contributed by atoms with Gasteiger partial charge in [-0.1, -0.05) is 12.1 Å². The highest BCUT2D eigenvalue weighted by atomic mass is 32.1. The molecule has 0 N–H and O–H groups in total. The number of nitro benzene ring substituents is 1. The third-order valence-corrected chi connectivity index (χ3v) is 5.32. The Hall–Kier alpha value is -3.00. The normalized spacial score (nSPS) is 18.9. The number of rotatable bonds is 4. The average molecular weight is 370 g/mol. The van der Waals surface area contributed by atoms with E-state index in [1.807, 2.05) is 17.6 Å². The molecule has 0 aliphatic heterocycles. The van der Waals surface area contributed by atoms with Gasteiger partial charge in [-0.2, -0.15) is 0 Å². The summed E-state index contributed by atoms with van der Waals surface area (Å²) in [5.74, 6) is 0.558. The minimum absolute atomic E-state index is 0.0650. The van der Waals surface area contributed by atoms with Crippen LogP contribution < -0.4 is 4.74 Å². The van der Waals surface area contributed by atoms with Gasteiger partial charge in [0, 0.05) is 12.1 Å². The molecule has 8 heteroatoms. The lowest BCUT2D eigenvalue weighted by molar-refractivity contribution is -0.384. The molecule has 1 aromatic heterocycles. The van der Waals surface area contributed by atoms with Crippen LogP contribution in [0.2, 0.25) is 0 Å². The first-order valence-electron chi connectivity index (χ1n) is 8.05. The third kappa shape index (κ3) is 3.23. The minimum atomic E-state index is -0.793. The van der Waals surface area contributed by atoms with Crippen LogP contribution in [-0.2, 0) is 4.74 Å². The van der Waals surface area contributed by atoms with Gasteiger partial charge in [-0.3, -0.25) is 10.1 Å². The number of benzene rings is 2. The summed E-state index contributed by atoms with van der Waals surface area (Å²) in [6.07, 6.45) is 0.505. The van der Waals surface area contributed by atoms with Gasteiger partial charge in [-0.15, -0.1) is 11.3 Å². The van der Waals surface area contributed by atoms with Gasteiger partial charge in [-0.25, -0.2) is 9.78 Å². The molecule has 0 atom stereocenters. The first-order valence-corrected chi connectivity index (χ1v) is 8.93. The summed E-state index contributed by atoms with van der Waals surface area (Å²) in [4.78, 5) is 26.3. The van der Waals surface area contributed by atoms with E-state index in [4.69, 9.17) is 9.47 Å². The number of fused-ring (bicyclic) bond motifs is 1. The van der Waals surface area contributed by atoms with E-state index in [1.54, 1.807) is 11.3 Å². The molecular formula is C18H14N2O5S. The fourth-order valence-electron chi connectivity index (χ4n) is 3.04. The second-order valence-electron chi connectivity index (χ2n) is 6.06. The minimum Gasteiger partial charge on any atom is -0.431 e. The molecule has 2 aromatic carbocycles. The quantitative estimate of drug-likeness (QED) is 0.287. The van der Waals surface area contributed by atoms with Crippen molar-refractivity contribution in [3.05, 3.63) is 63.7 Å². The van der Waals surface area contributed by atoms with Gasteiger partial charge < -0.3 is 9.47 Å². The number of nitrogens with zero attached hydrogens (tertiary/aromatic N) is 2. The molecule has 1 fully saturated rings. The summed E-state index contributed by atoms with van der Waals surface area (Å²) in [6.45, 7) is 0. The molecule has 3 aromatic rings. The van der Waals surface area contributed by atoms with E-state index in [-0.39, 0.29) is 17.5 Å². The number of nitro groups is 1. The number of thiazole rings is 1. The van der Waals surface area contributed by atoms with Gasteiger partial charge in [0.15, 0.2) is 0 Å². The van der Waals surface area contributed by atoms with Crippen molar-refractivity contribution in [2.24, 2.45) is 0 Å². The standard InChI is InChI=1S/C18H14N2O5S/c21-18(24-13-6-4-12(5-7-13)20(22)23)25-14-8-11(9-14)15-2-1-3-16-17(15)26-10-19-16/h1-7,10-11,14H,8-9H2. The van der Waals surface area contributed by atoms with Gasteiger partial charge in [0.2, 0.25) is 0 Å². The highest BCUT2D eigenvalue weighted by Crippen LogP contribution is 2.42. The van der Waals surface area contributed by atoms with Gasteiger partial charge in [-0.05, 0) is 42.5 Å². The molecule has 26 heavy (non-hydrogen) atoms. The number of non-ortho nitro benzene ring substituents is 1. The van der Waals surface area contributed by atoms with Crippen molar-refractivity contribution in [2.75, 3.05) is 0 Å². The summed E-state index contributed by atoms with van der Waals surface area (Å²) in [5, 5.41) is 10.6. The van der Waals surface area contributed by atoms with E-state index in [0.717, 1.165) is 18.4 Å². The number of hydrogen-bond donors (Lipinski definition) is 0. The Balaban J connectivity index is 1.31. The van der Waals surface area contributed by atoms with E-state index in [2.05, 4.69) is 11.1 Å². The number of aromatic nitrogens is 1. The molecule has 0 radical (unpaired) electrons. The third-order valence-electron chi connectivity index (χ3n) is 4.43. The van der Waals surface area contributed by atoms with Crippen molar-refractivity contribution in [2.45, 2.75) is 24.9 Å². The lowest BCUT2D eigenvalue weighted by Crippen LogP contribution is -2.32. The van der Waals surface area contributed by atoms with Crippen molar-refractivity contribution in [1.82, 2.24) is 4.98 Å². The van der Waals surface area contributed by atoms with Crippen LogP contribution in [0, 0.1) is 10.1 Å². The van der Waals surface area contributed by atoms with Gasteiger partial charge >= 0.3 is 6.16 Å². The van der Waals surface area contributed by atoms with Crippen LogP contribution in [0.15, 0.2) is 48.0 Å². The topological polar surface area (TPSA) is 91.6 Å². The molecule has 1 aliphatic rings. The molecule has 0 spiro atoms. The summed E-state index contributed by atoms with van der Waals surface area (Å²) >= 11 is 1.62. The maximum atomic E-state index is 11.9. The Morgan fingerprint density at radius 2 is 1.96 bits per heavy atom. The first kappa shape index (κ1) is 16.5. The van der Waals surface area contributed by atoms with Gasteiger partial charge in [0.05, 0.1) is 20.7 Å². The first-order chi connectivity index (χ1) is 12.6. The predicted molar refractivity (Wildman–Crippen MR) is 95.6 cm³/mol. The summed E-state index contributed by atoms with van der Waals surface area (Å²) in [7, 11) is 0. The van der Waals surface area contributed by atoms with E-state index in [1.165, 1.54) is 34.5 Å². The highest BCUT2D eigenvalue weighted by Gasteiger charge is 2.35. The Labute approximate surface area is 152 Å². The molecule has 1 saturated carbocycles. The van der Waals surface area contributed by atoms with Crippen molar-refractivity contribution in [3.63, 3.8) is 0 Å². The fraction of sp³-hybridized carbons (Fsp3) is 0.222. The number of carbonyl (C=O) groups excluding carboxylic acids is 1. The monoisotopic (exact) mass is 370 g/mol. The van der Waals surface area contributed by atoms with Crippen LogP contribution in [0.5, 0.6) is 5.75 Å². The van der Waals surface area contributed by atoms with Crippen LogP contribution in [0.3, 0.4) is 0 Å². The zero-order valence-electron chi connectivity index (χ0n) is 13.5. The number of carbonyl (C=O) groups is 1. The molecule has 1 aliphatic carbocycles. The smallest absolute Gasteiger partial charge is 0.431 e. The highest BCUT2D eigenvalue weighted by molar-refractivity contribution is 7.17. The predicted octanol–water partition coefficient (Wildman–Crippen LogP) is 4.67. The Morgan fingerprint density at radius 3 is 2.69 bits per heavy atom. The molecule has 0 unspecified atom stereocenters. The molecule has 1 heterocycles. The zero-order chi connectivity index (χ0) is 18.1. The summed E-state index contributed by atoms with van der Waals surface area (Å²) < 4.78 is 11.6. The Bertz CT molecular complexity index is 963. The van der Waals surface area contributed by atoms with Gasteiger partial charge in [0.1, 0.15) is 11.9 Å². The maximum absolute atomic E-state index is 11.9. The van der Waals surface area contributed by atoms with E-state index < -0.39 is 11.1 Å². The lowest BCUT2D eigenvalue weighted by atomic mass is 9.77. The molecule has 0 amide bonds. The van der Waals surface area contributed by atoms with E-state index in [0.29, 0.717) is 5.92 Å². The Kier molecular flexibility index (Phi) is 4.26. The van der Waals surface area contributed by atoms with Crippen molar-refractivity contribution in [1.29, 1.82) is 0 Å². The average Bonchev–Trinajstić information content (AvgIpc) is 3.07. The second-order valence-corrected chi connectivity index (χ2v) is 6.91. The van der Waals surface area contributed by atoms with Gasteiger partial charge in [0.25, 0.3) is 5.69 Å². The van der Waals surface area contributed by atoms with Crippen molar-refractivity contribution >= 4 is 33.4 Å². The lowest BCUT2D eigenvalue weighted by Gasteiger charge is -2.34. The molecule has 132 valence electrons. The molecule has 0 saturated heterocycles. The molecule has 7 nitrogen and oxygen atoms in total. The van der Waals surface area contributed by atoms with E-state index in [9.17, 15) is 14.9 Å². The van der Waals surface area contributed by atoms with Crippen LogP contribution in [0.1, 0.15) is 24.3 Å². The van der Waals surface area contributed by atoms with Crippen molar-refractivity contribution < 1.29 is 19.2 Å². The number of ether oxygens (including phenoxy) is 2. The maximum Gasteiger partial charge on any atom is 0.514 e. The Morgan fingerprint density at radius 1 is 1.19 bits per heavy atom. The van der Waals surface area contributed by atoms with Crippen LogP contribution in [-0.4, -0.2) is 22.2 Å². The van der Waals surface area contributed by atoms with Crippen LogP contribution in [0.4, 0.5) is 10.5 Å². The summed E-state index contributed by atoms with van der Waals surface area (Å²) in [5.41, 5.74) is 4.01. The zero-order valence-corrected chi connectivity index (χ0v) is 14.3. The molecular weight excluding hydrogens is 356 g/mol. The SMILES string of the molecule is O=C(Oc1ccc([N+](=O)[O-])cc1)OC1CC(c2cccc3ncsc23)C1. The molecule has 0 bridgehead atoms. The number of hydrogen-bond acceptors (Lipinski definition) is 7. The molecule has 4 rings (SSSR count). The second kappa shape index (κ2) is 6.72. The fourth-order valence-corrected chi connectivity index (χ4v) is 3.92. The summed E-state index contributed by atoms with van der Waals surface area (Å²) in [6, 6.07) is 11.4. The van der Waals surface area contributed by atoms with Crippen LogP contribution in [0.25, 0.3) is 10.2 Å². The largest absolute Gasteiger partial charge is 0.514 e.